The first-order valence-corrected chi connectivity index (χ1v) is 11.7. The number of anilines is 1. The van der Waals surface area contributed by atoms with Crippen LogP contribution in [-0.2, 0) is 30.2 Å². The number of aromatic nitrogens is 4. The molecule has 0 unspecified atom stereocenters. The molecule has 1 amide bonds. The third-order valence-electron chi connectivity index (χ3n) is 5.69. The molecule has 0 saturated heterocycles. The van der Waals surface area contributed by atoms with E-state index in [2.05, 4.69) is 10.3 Å². The van der Waals surface area contributed by atoms with E-state index in [1.165, 1.54) is 40.9 Å². The summed E-state index contributed by atoms with van der Waals surface area (Å²) in [5.41, 5.74) is 2.20. The van der Waals surface area contributed by atoms with Crippen LogP contribution in [-0.4, -0.2) is 37.2 Å². The number of nitrogens with one attached hydrogen (secondary N) is 1. The third-order valence-corrected chi connectivity index (χ3v) is 6.71. The van der Waals surface area contributed by atoms with E-state index in [0.717, 1.165) is 20.6 Å². The molecule has 0 radical (unpaired) electrons. The Morgan fingerprint density at radius 1 is 1.09 bits per heavy atom. The average molecular weight is 496 g/mol. The number of aryl methyl sites for hydroxylation is 3. The number of carbonyl (C=O) groups excluding carboxylic acids is 2. The van der Waals surface area contributed by atoms with Crippen LogP contribution in [0.5, 0.6) is 0 Å². The highest BCUT2D eigenvalue weighted by atomic mass is 32.1. The molecule has 35 heavy (non-hydrogen) atoms. The minimum Gasteiger partial charge on any atom is -0.462 e. The van der Waals surface area contributed by atoms with Gasteiger partial charge in [0, 0.05) is 24.5 Å². The minimum atomic E-state index is -0.547. The SMILES string of the molecule is CCOC(=O)c1c(NC(=O)Cn2cnc3c2c(=O)n(C)c(=O)n3C)sc(C)c1-c1ccc(C)cc1. The number of imidazole rings is 1. The highest BCUT2D eigenvalue weighted by molar-refractivity contribution is 7.17. The molecular formula is C24H25N5O5S. The van der Waals surface area contributed by atoms with Crippen LogP contribution in [0.1, 0.15) is 27.7 Å². The summed E-state index contributed by atoms with van der Waals surface area (Å²) in [7, 11) is 2.88. The van der Waals surface area contributed by atoms with Crippen LogP contribution in [0.2, 0.25) is 0 Å². The zero-order valence-electron chi connectivity index (χ0n) is 20.0. The fourth-order valence-corrected chi connectivity index (χ4v) is 5.02. The van der Waals surface area contributed by atoms with Gasteiger partial charge in [0.05, 0.1) is 12.9 Å². The van der Waals surface area contributed by atoms with Gasteiger partial charge in [-0.15, -0.1) is 11.3 Å². The zero-order valence-corrected chi connectivity index (χ0v) is 20.9. The Kier molecular flexibility index (Phi) is 6.44. The molecule has 0 saturated carbocycles. The van der Waals surface area contributed by atoms with Gasteiger partial charge in [0.1, 0.15) is 17.1 Å². The van der Waals surface area contributed by atoms with Crippen molar-refractivity contribution in [2.75, 3.05) is 11.9 Å². The van der Waals surface area contributed by atoms with E-state index in [-0.39, 0.29) is 24.3 Å². The number of carbonyl (C=O) groups is 2. The number of nitrogens with zero attached hydrogens (tertiary/aromatic N) is 4. The number of fused-ring (bicyclic) bond motifs is 1. The molecule has 11 heteroatoms. The zero-order chi connectivity index (χ0) is 25.4. The predicted molar refractivity (Wildman–Crippen MR) is 134 cm³/mol. The molecule has 3 aromatic heterocycles. The highest BCUT2D eigenvalue weighted by Gasteiger charge is 2.26. The van der Waals surface area contributed by atoms with Crippen LogP contribution in [0.25, 0.3) is 22.3 Å². The first-order chi connectivity index (χ1) is 16.6. The van der Waals surface area contributed by atoms with E-state index >= 15 is 0 Å². The van der Waals surface area contributed by atoms with E-state index in [9.17, 15) is 19.2 Å². The second kappa shape index (κ2) is 9.34. The van der Waals surface area contributed by atoms with Crippen molar-refractivity contribution < 1.29 is 14.3 Å². The number of ether oxygens (including phenoxy) is 1. The monoisotopic (exact) mass is 495 g/mol. The van der Waals surface area contributed by atoms with Crippen molar-refractivity contribution in [1.82, 2.24) is 18.7 Å². The maximum Gasteiger partial charge on any atom is 0.341 e. The van der Waals surface area contributed by atoms with Gasteiger partial charge in [0.2, 0.25) is 5.91 Å². The van der Waals surface area contributed by atoms with Crippen molar-refractivity contribution in [3.63, 3.8) is 0 Å². The van der Waals surface area contributed by atoms with Gasteiger partial charge in [-0.05, 0) is 26.3 Å². The van der Waals surface area contributed by atoms with E-state index in [0.29, 0.717) is 16.1 Å². The Morgan fingerprint density at radius 2 is 1.77 bits per heavy atom. The second-order valence-electron chi connectivity index (χ2n) is 8.12. The molecule has 0 fully saturated rings. The molecule has 4 aromatic rings. The maximum atomic E-state index is 13.0. The van der Waals surface area contributed by atoms with Crippen molar-refractivity contribution in [2.24, 2.45) is 14.1 Å². The maximum absolute atomic E-state index is 13.0. The number of benzene rings is 1. The lowest BCUT2D eigenvalue weighted by Gasteiger charge is -2.10. The number of thiophene rings is 1. The molecule has 182 valence electrons. The summed E-state index contributed by atoms with van der Waals surface area (Å²) in [6, 6.07) is 7.77. The van der Waals surface area contributed by atoms with Gasteiger partial charge in [0.15, 0.2) is 11.2 Å². The lowest BCUT2D eigenvalue weighted by atomic mass is 10.0. The summed E-state index contributed by atoms with van der Waals surface area (Å²) in [6.07, 6.45) is 1.34. The molecule has 1 aromatic carbocycles. The third kappa shape index (κ3) is 4.30. The van der Waals surface area contributed by atoms with Gasteiger partial charge >= 0.3 is 11.7 Å². The quantitative estimate of drug-likeness (QED) is 0.411. The Hall–Kier alpha value is -3.99. The summed E-state index contributed by atoms with van der Waals surface area (Å²) < 4.78 is 8.89. The largest absolute Gasteiger partial charge is 0.462 e. The molecule has 0 bridgehead atoms. The highest BCUT2D eigenvalue weighted by Crippen LogP contribution is 2.40. The minimum absolute atomic E-state index is 0.137. The van der Waals surface area contributed by atoms with Crippen LogP contribution in [0.15, 0.2) is 40.2 Å². The first-order valence-electron chi connectivity index (χ1n) is 10.9. The van der Waals surface area contributed by atoms with Crippen LogP contribution in [0.4, 0.5) is 5.00 Å². The number of amides is 1. The molecule has 4 rings (SSSR count). The van der Waals surface area contributed by atoms with Gasteiger partial charge in [0.25, 0.3) is 5.56 Å². The van der Waals surface area contributed by atoms with Crippen LogP contribution in [0, 0.1) is 13.8 Å². The fourth-order valence-electron chi connectivity index (χ4n) is 3.94. The fraction of sp³-hybridized carbons (Fsp3) is 0.292. The Morgan fingerprint density at radius 3 is 2.43 bits per heavy atom. The normalized spacial score (nSPS) is 11.1. The number of rotatable bonds is 6. The smallest absolute Gasteiger partial charge is 0.341 e. The molecule has 10 nitrogen and oxygen atoms in total. The lowest BCUT2D eigenvalue weighted by molar-refractivity contribution is -0.116. The summed E-state index contributed by atoms with van der Waals surface area (Å²) in [5, 5.41) is 3.17. The number of esters is 1. The van der Waals surface area contributed by atoms with Gasteiger partial charge in [-0.3, -0.25) is 18.7 Å². The summed E-state index contributed by atoms with van der Waals surface area (Å²) >= 11 is 1.28. The predicted octanol–water partition coefficient (Wildman–Crippen LogP) is 2.59. The standard InChI is InChI=1S/C24H25N5O5S/c1-6-34-23(32)18-17(15-9-7-13(2)8-10-15)14(3)35-21(18)26-16(30)11-29-12-25-20-19(29)22(31)28(5)24(33)27(20)4/h7-10,12H,6,11H2,1-5H3,(H,26,30). The van der Waals surface area contributed by atoms with Gasteiger partial charge < -0.3 is 14.6 Å². The topological polar surface area (TPSA) is 117 Å². The van der Waals surface area contributed by atoms with E-state index < -0.39 is 23.1 Å². The molecule has 0 aliphatic rings. The molecule has 0 aliphatic carbocycles. The molecular weight excluding hydrogens is 470 g/mol. The molecule has 0 aliphatic heterocycles. The summed E-state index contributed by atoms with van der Waals surface area (Å²) in [4.78, 5) is 55.7. The van der Waals surface area contributed by atoms with E-state index in [1.807, 2.05) is 38.1 Å². The Labute approximate surface area is 204 Å². The molecule has 3 heterocycles. The van der Waals surface area contributed by atoms with E-state index in [1.54, 1.807) is 6.92 Å². The average Bonchev–Trinajstić information content (AvgIpc) is 3.37. The molecule has 1 N–H and O–H groups in total. The van der Waals surface area contributed by atoms with Crippen LogP contribution in [0.3, 0.4) is 0 Å². The van der Waals surface area contributed by atoms with Gasteiger partial charge in [-0.25, -0.2) is 14.6 Å². The Bertz CT molecular complexity index is 1570. The van der Waals surface area contributed by atoms with Gasteiger partial charge in [-0.1, -0.05) is 29.8 Å². The summed E-state index contributed by atoms with van der Waals surface area (Å²) in [5.74, 6) is -0.984. The van der Waals surface area contributed by atoms with E-state index in [4.69, 9.17) is 4.74 Å². The van der Waals surface area contributed by atoms with Crippen molar-refractivity contribution in [2.45, 2.75) is 27.3 Å². The van der Waals surface area contributed by atoms with Crippen molar-refractivity contribution in [3.8, 4) is 11.1 Å². The lowest BCUT2D eigenvalue weighted by Crippen LogP contribution is -2.37. The summed E-state index contributed by atoms with van der Waals surface area (Å²) in [6.45, 7) is 5.54. The number of hydrogen-bond acceptors (Lipinski definition) is 7. The first kappa shape index (κ1) is 24.1. The Balaban J connectivity index is 1.72. The van der Waals surface area contributed by atoms with Crippen molar-refractivity contribution >= 4 is 39.4 Å². The number of hydrogen-bond donors (Lipinski definition) is 1. The van der Waals surface area contributed by atoms with Crippen LogP contribution < -0.4 is 16.6 Å². The van der Waals surface area contributed by atoms with Gasteiger partial charge in [-0.2, -0.15) is 0 Å². The van der Waals surface area contributed by atoms with Crippen LogP contribution >= 0.6 is 11.3 Å². The molecule has 0 atom stereocenters. The van der Waals surface area contributed by atoms with Crippen molar-refractivity contribution in [1.29, 1.82) is 0 Å². The van der Waals surface area contributed by atoms with Crippen molar-refractivity contribution in [3.05, 3.63) is 67.4 Å². The second-order valence-corrected chi connectivity index (χ2v) is 9.35. The molecule has 0 spiro atoms.